The minimum atomic E-state index is -1.37. The molecule has 11 nitrogen and oxygen atoms in total. The SMILES string of the molecule is CC(O)[C@H](CC(=O)C[C@@H](CC(N)=O)C(=O)NCC(=O)[C@@H](N)CO)C(=O)O. The van der Waals surface area contributed by atoms with Crippen LogP contribution in [0.4, 0.5) is 0 Å². The lowest BCUT2D eigenvalue weighted by Gasteiger charge is -2.18. The van der Waals surface area contributed by atoms with Crippen LogP contribution in [0.1, 0.15) is 26.2 Å². The first kappa shape index (κ1) is 23.6. The number of carboxylic acids is 1. The molecule has 0 aromatic heterocycles. The molecule has 0 aromatic carbocycles. The Morgan fingerprint density at radius 2 is 1.65 bits per heavy atom. The number of nitrogens with two attached hydrogens (primary N) is 2. The molecule has 2 amide bonds. The van der Waals surface area contributed by atoms with Gasteiger partial charge >= 0.3 is 5.97 Å². The molecule has 148 valence electrons. The van der Waals surface area contributed by atoms with Crippen LogP contribution in [0.3, 0.4) is 0 Å². The van der Waals surface area contributed by atoms with E-state index in [4.69, 9.17) is 21.7 Å². The van der Waals surface area contributed by atoms with Crippen LogP contribution < -0.4 is 16.8 Å². The van der Waals surface area contributed by atoms with E-state index in [9.17, 15) is 29.1 Å². The summed E-state index contributed by atoms with van der Waals surface area (Å²) in [6.45, 7) is 0.110. The Hall–Kier alpha value is -2.37. The lowest BCUT2D eigenvalue weighted by atomic mass is 9.90. The lowest BCUT2D eigenvalue weighted by Crippen LogP contribution is -2.44. The second kappa shape index (κ2) is 11.3. The summed E-state index contributed by atoms with van der Waals surface area (Å²) in [5.41, 5.74) is 10.3. The summed E-state index contributed by atoms with van der Waals surface area (Å²) < 4.78 is 0. The van der Waals surface area contributed by atoms with Crippen molar-refractivity contribution in [1.29, 1.82) is 0 Å². The van der Waals surface area contributed by atoms with Crippen molar-refractivity contribution in [1.82, 2.24) is 5.32 Å². The van der Waals surface area contributed by atoms with Crippen molar-refractivity contribution in [3.8, 4) is 0 Å². The summed E-state index contributed by atoms with van der Waals surface area (Å²) in [6, 6.07) is -1.17. The molecule has 0 spiro atoms. The molecule has 0 aromatic rings. The lowest BCUT2D eigenvalue weighted by molar-refractivity contribution is -0.148. The van der Waals surface area contributed by atoms with Crippen molar-refractivity contribution < 1.29 is 39.3 Å². The Morgan fingerprint density at radius 3 is 2.08 bits per heavy atom. The zero-order valence-electron chi connectivity index (χ0n) is 14.4. The van der Waals surface area contributed by atoms with Crippen molar-refractivity contribution in [3.05, 3.63) is 0 Å². The first-order valence-electron chi connectivity index (χ1n) is 7.87. The van der Waals surface area contributed by atoms with Gasteiger partial charge < -0.3 is 32.1 Å². The van der Waals surface area contributed by atoms with E-state index < -0.39 is 85.7 Å². The largest absolute Gasteiger partial charge is 0.481 e. The minimum absolute atomic E-state index is 0.481. The first-order chi connectivity index (χ1) is 12.0. The molecule has 0 heterocycles. The number of hydrogen-bond donors (Lipinski definition) is 6. The van der Waals surface area contributed by atoms with Gasteiger partial charge in [0.25, 0.3) is 0 Å². The van der Waals surface area contributed by atoms with E-state index in [1.165, 1.54) is 6.92 Å². The Bertz CT molecular complexity index is 549. The molecule has 0 saturated heterocycles. The minimum Gasteiger partial charge on any atom is -0.481 e. The van der Waals surface area contributed by atoms with Crippen LogP contribution in [0.25, 0.3) is 0 Å². The van der Waals surface area contributed by atoms with Gasteiger partial charge in [-0.25, -0.2) is 0 Å². The van der Waals surface area contributed by atoms with E-state index in [2.05, 4.69) is 5.32 Å². The van der Waals surface area contributed by atoms with Crippen molar-refractivity contribution >= 4 is 29.4 Å². The van der Waals surface area contributed by atoms with Gasteiger partial charge in [0.1, 0.15) is 5.78 Å². The molecule has 4 atom stereocenters. The quantitative estimate of drug-likeness (QED) is 0.192. The molecule has 0 aliphatic carbocycles. The van der Waals surface area contributed by atoms with E-state index in [-0.39, 0.29) is 0 Å². The number of carboxylic acid groups (broad SMARTS) is 1. The number of carbonyl (C=O) groups excluding carboxylic acids is 4. The molecule has 0 aliphatic rings. The van der Waals surface area contributed by atoms with Crippen molar-refractivity contribution in [2.45, 2.75) is 38.3 Å². The van der Waals surface area contributed by atoms with Gasteiger partial charge in [0.15, 0.2) is 5.78 Å². The second-order valence-electron chi connectivity index (χ2n) is 5.97. The fraction of sp³-hybridized carbons (Fsp3) is 0.667. The number of aliphatic hydroxyl groups is 2. The average molecular weight is 375 g/mol. The highest BCUT2D eigenvalue weighted by atomic mass is 16.4. The zero-order chi connectivity index (χ0) is 20.4. The molecule has 8 N–H and O–H groups in total. The maximum atomic E-state index is 12.1. The number of carbonyl (C=O) groups is 5. The molecular weight excluding hydrogens is 350 g/mol. The average Bonchev–Trinajstić information content (AvgIpc) is 2.54. The summed E-state index contributed by atoms with van der Waals surface area (Å²) in [7, 11) is 0. The van der Waals surface area contributed by atoms with Gasteiger partial charge in [-0.15, -0.1) is 0 Å². The molecule has 0 rings (SSSR count). The van der Waals surface area contributed by atoms with Gasteiger partial charge in [-0.05, 0) is 6.92 Å². The Morgan fingerprint density at radius 1 is 1.08 bits per heavy atom. The van der Waals surface area contributed by atoms with Gasteiger partial charge in [-0.2, -0.15) is 0 Å². The predicted octanol–water partition coefficient (Wildman–Crippen LogP) is -3.09. The Balaban J connectivity index is 4.90. The van der Waals surface area contributed by atoms with Crippen LogP contribution >= 0.6 is 0 Å². The van der Waals surface area contributed by atoms with Gasteiger partial charge in [0.2, 0.25) is 11.8 Å². The van der Waals surface area contributed by atoms with Crippen LogP contribution in [-0.2, 0) is 24.0 Å². The number of ketones is 2. The molecule has 26 heavy (non-hydrogen) atoms. The number of aliphatic carboxylic acids is 1. The normalized spacial score (nSPS) is 15.4. The molecule has 0 bridgehead atoms. The van der Waals surface area contributed by atoms with E-state index in [0.717, 1.165) is 0 Å². The number of amides is 2. The third-order valence-electron chi connectivity index (χ3n) is 3.69. The zero-order valence-corrected chi connectivity index (χ0v) is 14.4. The van der Waals surface area contributed by atoms with Gasteiger partial charge in [-0.3, -0.25) is 24.0 Å². The standard InChI is InChI=1S/C15H25N3O8/c1-7(20)10(15(25)26)4-9(21)2-8(3-13(17)23)14(24)18-5-12(22)11(16)6-19/h7-8,10-11,19-20H,2-6,16H2,1H3,(H2,17,23)(H,18,24)(H,25,26)/t7?,8-,10-,11-/m0/s1. The Kier molecular flexibility index (Phi) is 10.3. The number of Topliss-reactive ketones (excluding diaryl/α,β-unsaturated/α-hetero) is 2. The number of hydrogen-bond acceptors (Lipinski definition) is 8. The van der Waals surface area contributed by atoms with Crippen LogP contribution in [0.15, 0.2) is 0 Å². The molecule has 0 radical (unpaired) electrons. The Labute approximate surface area is 149 Å². The molecule has 0 aliphatic heterocycles. The topological polar surface area (TPSA) is 210 Å². The monoisotopic (exact) mass is 375 g/mol. The smallest absolute Gasteiger partial charge is 0.309 e. The summed E-state index contributed by atoms with van der Waals surface area (Å²) in [5, 5.41) is 29.3. The van der Waals surface area contributed by atoms with E-state index in [1.807, 2.05) is 0 Å². The second-order valence-corrected chi connectivity index (χ2v) is 5.97. The number of rotatable bonds is 13. The van der Waals surface area contributed by atoms with Crippen LogP contribution in [0, 0.1) is 11.8 Å². The fourth-order valence-electron chi connectivity index (χ4n) is 2.12. The van der Waals surface area contributed by atoms with Crippen LogP contribution in [-0.4, -0.2) is 70.0 Å². The van der Waals surface area contributed by atoms with Gasteiger partial charge in [0.05, 0.1) is 37.1 Å². The number of primary amides is 1. The van der Waals surface area contributed by atoms with E-state index in [0.29, 0.717) is 0 Å². The third kappa shape index (κ3) is 8.65. The van der Waals surface area contributed by atoms with Gasteiger partial charge in [0, 0.05) is 19.3 Å². The molecular formula is C15H25N3O8. The third-order valence-corrected chi connectivity index (χ3v) is 3.69. The van der Waals surface area contributed by atoms with Gasteiger partial charge in [-0.1, -0.05) is 0 Å². The summed E-state index contributed by atoms with van der Waals surface area (Å²) in [6.07, 6.45) is -2.77. The maximum Gasteiger partial charge on any atom is 0.309 e. The molecule has 0 fully saturated rings. The number of aliphatic hydroxyl groups excluding tert-OH is 2. The fourth-order valence-corrected chi connectivity index (χ4v) is 2.12. The highest BCUT2D eigenvalue weighted by molar-refractivity contribution is 5.94. The number of nitrogens with one attached hydrogen (secondary N) is 1. The highest BCUT2D eigenvalue weighted by Crippen LogP contribution is 2.16. The summed E-state index contributed by atoms with van der Waals surface area (Å²) in [5.74, 6) is -6.87. The highest BCUT2D eigenvalue weighted by Gasteiger charge is 2.30. The van der Waals surface area contributed by atoms with Crippen molar-refractivity contribution in [3.63, 3.8) is 0 Å². The van der Waals surface area contributed by atoms with Crippen molar-refractivity contribution in [2.75, 3.05) is 13.2 Å². The van der Waals surface area contributed by atoms with Crippen molar-refractivity contribution in [2.24, 2.45) is 23.3 Å². The molecule has 0 saturated carbocycles. The maximum absolute atomic E-state index is 12.1. The predicted molar refractivity (Wildman–Crippen MR) is 87.4 cm³/mol. The first-order valence-corrected chi connectivity index (χ1v) is 7.87. The van der Waals surface area contributed by atoms with Crippen LogP contribution in [0.2, 0.25) is 0 Å². The molecule has 11 heteroatoms. The van der Waals surface area contributed by atoms with E-state index >= 15 is 0 Å². The van der Waals surface area contributed by atoms with Crippen LogP contribution in [0.5, 0.6) is 0 Å². The van der Waals surface area contributed by atoms with E-state index in [1.54, 1.807) is 0 Å². The summed E-state index contributed by atoms with van der Waals surface area (Å²) >= 11 is 0. The summed E-state index contributed by atoms with van der Waals surface area (Å²) in [4.78, 5) is 57.7. The molecule has 1 unspecified atom stereocenters.